The fourth-order valence-electron chi connectivity index (χ4n) is 0.786. The van der Waals surface area contributed by atoms with E-state index in [2.05, 4.69) is 9.97 Å². The molecule has 0 aliphatic heterocycles. The topological polar surface area (TPSA) is 48.9 Å². The van der Waals surface area contributed by atoms with Crippen molar-refractivity contribution >= 4 is 0 Å². The van der Waals surface area contributed by atoms with Gasteiger partial charge in [0, 0.05) is 11.9 Å². The van der Waals surface area contributed by atoms with Gasteiger partial charge in [0.15, 0.2) is 0 Å². The number of H-pyrrole nitrogens is 1. The molecule has 2 N–H and O–H groups in total. The monoisotopic (exact) mass is 140 g/mol. The van der Waals surface area contributed by atoms with Gasteiger partial charge in [-0.2, -0.15) is 0 Å². The van der Waals surface area contributed by atoms with Gasteiger partial charge in [0.2, 0.25) is 0 Å². The fourth-order valence-corrected chi connectivity index (χ4v) is 0.786. The summed E-state index contributed by atoms with van der Waals surface area (Å²) in [5.74, 6) is 0. The van der Waals surface area contributed by atoms with Crippen LogP contribution in [0.4, 0.5) is 0 Å². The predicted molar refractivity (Wildman–Crippen MR) is 38.6 cm³/mol. The molecule has 0 spiro atoms. The minimum Gasteiger partial charge on any atom is -0.393 e. The molecule has 0 aliphatic rings. The van der Waals surface area contributed by atoms with Gasteiger partial charge in [-0.05, 0) is 19.8 Å². The molecule has 1 aromatic rings. The highest BCUT2D eigenvalue weighted by Gasteiger charge is 1.97. The summed E-state index contributed by atoms with van der Waals surface area (Å²) >= 11 is 0. The number of aromatic nitrogens is 2. The third-order valence-electron chi connectivity index (χ3n) is 1.39. The summed E-state index contributed by atoms with van der Waals surface area (Å²) in [6.07, 6.45) is 4.88. The zero-order valence-corrected chi connectivity index (χ0v) is 6.04. The summed E-state index contributed by atoms with van der Waals surface area (Å²) in [4.78, 5) is 6.83. The van der Waals surface area contributed by atoms with Gasteiger partial charge < -0.3 is 10.1 Å². The lowest BCUT2D eigenvalue weighted by Gasteiger charge is -1.99. The molecule has 1 atom stereocenters. The van der Waals surface area contributed by atoms with E-state index in [-0.39, 0.29) is 6.10 Å². The van der Waals surface area contributed by atoms with E-state index in [4.69, 9.17) is 5.11 Å². The lowest BCUT2D eigenvalue weighted by Crippen LogP contribution is -2.01. The summed E-state index contributed by atoms with van der Waals surface area (Å²) in [6.45, 7) is 1.79. The highest BCUT2D eigenvalue weighted by atomic mass is 16.3. The Labute approximate surface area is 60.1 Å². The molecule has 1 rings (SSSR count). The van der Waals surface area contributed by atoms with Crippen LogP contribution in [0, 0.1) is 0 Å². The Morgan fingerprint density at radius 3 is 3.10 bits per heavy atom. The van der Waals surface area contributed by atoms with Crippen molar-refractivity contribution in [2.24, 2.45) is 0 Å². The van der Waals surface area contributed by atoms with Crippen LogP contribution in [-0.2, 0) is 6.42 Å². The number of rotatable bonds is 3. The molecule has 0 radical (unpaired) electrons. The second-order valence-electron chi connectivity index (χ2n) is 2.46. The first kappa shape index (κ1) is 7.28. The second kappa shape index (κ2) is 3.37. The van der Waals surface area contributed by atoms with Crippen LogP contribution < -0.4 is 0 Å². The van der Waals surface area contributed by atoms with Gasteiger partial charge in [-0.3, -0.25) is 0 Å². The van der Waals surface area contributed by atoms with Crippen LogP contribution in [-0.4, -0.2) is 21.2 Å². The maximum Gasteiger partial charge on any atom is 0.0921 e. The summed E-state index contributed by atoms with van der Waals surface area (Å²) in [6, 6.07) is 0. The molecule has 3 nitrogen and oxygen atoms in total. The minimum absolute atomic E-state index is 0.219. The van der Waals surface area contributed by atoms with Crippen molar-refractivity contribution in [3.05, 3.63) is 18.2 Å². The predicted octanol–water partition coefficient (Wildman–Crippen LogP) is 0.723. The Kier molecular flexibility index (Phi) is 2.45. The lowest BCUT2D eigenvalue weighted by molar-refractivity contribution is 0.184. The maximum atomic E-state index is 8.92. The molecule has 0 bridgehead atoms. The van der Waals surface area contributed by atoms with Crippen LogP contribution in [0.5, 0.6) is 0 Å². The number of aliphatic hydroxyl groups is 1. The van der Waals surface area contributed by atoms with Crippen molar-refractivity contribution in [3.63, 3.8) is 0 Å². The first-order chi connectivity index (χ1) is 4.79. The smallest absolute Gasteiger partial charge is 0.0921 e. The van der Waals surface area contributed by atoms with Crippen LogP contribution in [0.15, 0.2) is 12.5 Å². The molecule has 1 aromatic heterocycles. The highest BCUT2D eigenvalue weighted by molar-refractivity contribution is 4.93. The normalized spacial score (nSPS) is 13.4. The number of hydrogen-bond donors (Lipinski definition) is 2. The van der Waals surface area contributed by atoms with Crippen LogP contribution in [0.1, 0.15) is 19.0 Å². The van der Waals surface area contributed by atoms with Crippen molar-refractivity contribution in [3.8, 4) is 0 Å². The van der Waals surface area contributed by atoms with E-state index in [1.807, 2.05) is 0 Å². The number of aromatic amines is 1. The third kappa shape index (κ3) is 2.19. The molecule has 0 saturated carbocycles. The van der Waals surface area contributed by atoms with Gasteiger partial charge in [0.25, 0.3) is 0 Å². The minimum atomic E-state index is -0.219. The van der Waals surface area contributed by atoms with Gasteiger partial charge in [-0.1, -0.05) is 0 Å². The average molecular weight is 140 g/mol. The number of aryl methyl sites for hydroxylation is 1. The van der Waals surface area contributed by atoms with Crippen molar-refractivity contribution in [1.82, 2.24) is 9.97 Å². The molecule has 10 heavy (non-hydrogen) atoms. The summed E-state index contributed by atoms with van der Waals surface area (Å²) in [5.41, 5.74) is 1.08. The van der Waals surface area contributed by atoms with E-state index in [9.17, 15) is 0 Å². The number of aliphatic hydroxyl groups excluding tert-OH is 1. The largest absolute Gasteiger partial charge is 0.393 e. The van der Waals surface area contributed by atoms with Crippen molar-refractivity contribution in [2.45, 2.75) is 25.9 Å². The van der Waals surface area contributed by atoms with E-state index in [1.165, 1.54) is 0 Å². The Morgan fingerprint density at radius 2 is 2.60 bits per heavy atom. The molecule has 0 aromatic carbocycles. The Hall–Kier alpha value is -0.830. The highest BCUT2D eigenvalue weighted by Crippen LogP contribution is 1.99. The molecule has 0 unspecified atom stereocenters. The van der Waals surface area contributed by atoms with E-state index in [0.29, 0.717) is 0 Å². The lowest BCUT2D eigenvalue weighted by atomic mass is 10.2. The first-order valence-electron chi connectivity index (χ1n) is 3.44. The van der Waals surface area contributed by atoms with Gasteiger partial charge in [-0.15, -0.1) is 0 Å². The molecular formula is C7H12N2O. The Morgan fingerprint density at radius 1 is 1.80 bits per heavy atom. The van der Waals surface area contributed by atoms with Gasteiger partial charge in [0.05, 0.1) is 12.4 Å². The van der Waals surface area contributed by atoms with Crippen LogP contribution in [0.25, 0.3) is 0 Å². The molecule has 1 heterocycles. The van der Waals surface area contributed by atoms with Crippen molar-refractivity contribution < 1.29 is 5.11 Å². The molecule has 0 saturated heterocycles. The van der Waals surface area contributed by atoms with Crippen LogP contribution >= 0.6 is 0 Å². The Balaban J connectivity index is 2.28. The van der Waals surface area contributed by atoms with Gasteiger partial charge >= 0.3 is 0 Å². The van der Waals surface area contributed by atoms with Crippen LogP contribution in [0.2, 0.25) is 0 Å². The number of imidazole rings is 1. The van der Waals surface area contributed by atoms with E-state index >= 15 is 0 Å². The summed E-state index contributed by atoms with van der Waals surface area (Å²) in [7, 11) is 0. The fraction of sp³-hybridized carbons (Fsp3) is 0.571. The van der Waals surface area contributed by atoms with E-state index < -0.39 is 0 Å². The maximum absolute atomic E-state index is 8.92. The quantitative estimate of drug-likeness (QED) is 0.650. The average Bonchev–Trinajstić information content (AvgIpc) is 2.34. The zero-order chi connectivity index (χ0) is 7.40. The molecule has 0 fully saturated rings. The molecular weight excluding hydrogens is 128 g/mol. The number of nitrogens with one attached hydrogen (secondary N) is 1. The zero-order valence-electron chi connectivity index (χ0n) is 6.04. The van der Waals surface area contributed by atoms with Gasteiger partial charge in [0.1, 0.15) is 0 Å². The second-order valence-corrected chi connectivity index (χ2v) is 2.46. The number of hydrogen-bond acceptors (Lipinski definition) is 2. The van der Waals surface area contributed by atoms with Crippen molar-refractivity contribution in [1.29, 1.82) is 0 Å². The molecule has 0 amide bonds. The van der Waals surface area contributed by atoms with Crippen LogP contribution in [0.3, 0.4) is 0 Å². The van der Waals surface area contributed by atoms with Gasteiger partial charge in [-0.25, -0.2) is 4.98 Å². The first-order valence-corrected chi connectivity index (χ1v) is 3.44. The molecule has 3 heteroatoms. The summed E-state index contributed by atoms with van der Waals surface area (Å²) < 4.78 is 0. The van der Waals surface area contributed by atoms with E-state index in [1.54, 1.807) is 19.4 Å². The molecule has 0 aliphatic carbocycles. The third-order valence-corrected chi connectivity index (χ3v) is 1.39. The number of nitrogens with zero attached hydrogens (tertiary/aromatic N) is 1. The summed E-state index contributed by atoms with van der Waals surface area (Å²) in [5, 5.41) is 8.92. The van der Waals surface area contributed by atoms with Crippen molar-refractivity contribution in [2.75, 3.05) is 0 Å². The SMILES string of the molecule is C[C@H](O)CCc1cnc[nH]1. The Bertz CT molecular complexity index is 170. The standard InChI is InChI=1S/C7H12N2O/c1-6(10)2-3-7-4-8-5-9-7/h4-6,10H,2-3H2,1H3,(H,8,9)/t6-/m0/s1. The molecule has 56 valence electrons. The van der Waals surface area contributed by atoms with E-state index in [0.717, 1.165) is 18.5 Å².